The van der Waals surface area contributed by atoms with Crippen molar-refractivity contribution in [3.05, 3.63) is 41.7 Å². The number of carbonyl (C=O) groups excluding carboxylic acids is 1. The van der Waals surface area contributed by atoms with Crippen molar-refractivity contribution in [3.63, 3.8) is 0 Å². The number of ether oxygens (including phenoxy) is 2. The maximum absolute atomic E-state index is 11.5. The fourth-order valence-corrected chi connectivity index (χ4v) is 2.35. The summed E-state index contributed by atoms with van der Waals surface area (Å²) in [4.78, 5) is 20.7. The highest BCUT2D eigenvalue weighted by Gasteiger charge is 2.15. The molecule has 0 aliphatic carbocycles. The van der Waals surface area contributed by atoms with Crippen molar-refractivity contribution in [3.8, 4) is 5.75 Å². The van der Waals surface area contributed by atoms with E-state index >= 15 is 0 Å². The third kappa shape index (κ3) is 4.89. The summed E-state index contributed by atoms with van der Waals surface area (Å²) in [5.74, 6) is 0.220. The normalized spacial score (nSPS) is 11.8. The molecule has 0 aliphatic rings. The van der Waals surface area contributed by atoms with E-state index in [1.54, 1.807) is 38.4 Å². The average Bonchev–Trinajstić information content (AvgIpc) is 2.51. The summed E-state index contributed by atoms with van der Waals surface area (Å²) in [7, 11) is 0. The summed E-state index contributed by atoms with van der Waals surface area (Å²) in [6.07, 6.45) is 2.46. The van der Waals surface area contributed by atoms with E-state index in [0.717, 1.165) is 4.90 Å². The Balaban J connectivity index is 1.95. The van der Waals surface area contributed by atoms with E-state index in [-0.39, 0.29) is 5.97 Å². The molecule has 22 heavy (non-hydrogen) atoms. The Bertz CT molecular complexity index is 620. The van der Waals surface area contributed by atoms with Crippen molar-refractivity contribution in [1.29, 1.82) is 0 Å². The molecule has 7 heteroatoms. The van der Waals surface area contributed by atoms with Crippen LogP contribution in [0.25, 0.3) is 0 Å². The molecule has 0 N–H and O–H groups in total. The van der Waals surface area contributed by atoms with Gasteiger partial charge in [-0.15, -0.1) is 0 Å². The molecule has 1 heterocycles. The van der Waals surface area contributed by atoms with Gasteiger partial charge in [-0.2, -0.15) is 0 Å². The highest BCUT2D eigenvalue weighted by atomic mass is 35.5. The third-order valence-electron chi connectivity index (χ3n) is 2.56. The number of carbonyl (C=O) groups is 1. The Hall–Kier alpha value is -1.79. The van der Waals surface area contributed by atoms with Crippen LogP contribution >= 0.6 is 23.4 Å². The maximum Gasteiger partial charge on any atom is 0.347 e. The van der Waals surface area contributed by atoms with Gasteiger partial charge in [-0.3, -0.25) is 0 Å². The van der Waals surface area contributed by atoms with Crippen LogP contribution in [0.1, 0.15) is 13.8 Å². The van der Waals surface area contributed by atoms with Crippen LogP contribution in [0.4, 0.5) is 0 Å². The van der Waals surface area contributed by atoms with Crippen molar-refractivity contribution in [2.24, 2.45) is 0 Å². The number of hydrogen-bond donors (Lipinski definition) is 0. The smallest absolute Gasteiger partial charge is 0.347 e. The van der Waals surface area contributed by atoms with Gasteiger partial charge in [0.05, 0.1) is 24.0 Å². The molecule has 0 unspecified atom stereocenters. The highest BCUT2D eigenvalue weighted by molar-refractivity contribution is 7.99. The van der Waals surface area contributed by atoms with Gasteiger partial charge in [0.15, 0.2) is 11.3 Å². The summed E-state index contributed by atoms with van der Waals surface area (Å²) in [5.41, 5.74) is 0. The molecule has 0 bridgehead atoms. The molecule has 1 aromatic heterocycles. The number of benzene rings is 1. The summed E-state index contributed by atoms with van der Waals surface area (Å²) in [6.45, 7) is 3.75. The number of rotatable bonds is 6. The van der Waals surface area contributed by atoms with Crippen LogP contribution in [0.5, 0.6) is 5.75 Å². The lowest BCUT2D eigenvalue weighted by molar-refractivity contribution is -0.150. The molecule has 0 saturated heterocycles. The van der Waals surface area contributed by atoms with Crippen molar-refractivity contribution in [2.45, 2.75) is 30.0 Å². The van der Waals surface area contributed by atoms with Gasteiger partial charge in [-0.25, -0.2) is 14.8 Å². The molecule has 2 aromatic rings. The van der Waals surface area contributed by atoms with Crippen LogP contribution in [-0.4, -0.2) is 28.6 Å². The fraction of sp³-hybridized carbons (Fsp3) is 0.267. The zero-order valence-corrected chi connectivity index (χ0v) is 13.7. The first kappa shape index (κ1) is 16.6. The van der Waals surface area contributed by atoms with Crippen LogP contribution in [0.15, 0.2) is 46.7 Å². The topological polar surface area (TPSA) is 61.3 Å². The number of aromatic nitrogens is 2. The van der Waals surface area contributed by atoms with Gasteiger partial charge in [-0.1, -0.05) is 11.6 Å². The molecule has 0 amide bonds. The standard InChI is InChI=1S/C15H15ClN2O3S/c1-3-20-14(19)10(2)21-12-4-6-13(7-5-12)22-15-17-8-11(16)9-18-15/h4-10H,3H2,1-2H3/t10-/m0/s1. The van der Waals surface area contributed by atoms with Gasteiger partial charge in [0.2, 0.25) is 0 Å². The first-order chi connectivity index (χ1) is 10.6. The van der Waals surface area contributed by atoms with Crippen LogP contribution in [-0.2, 0) is 9.53 Å². The quantitative estimate of drug-likeness (QED) is 0.592. The molecule has 0 spiro atoms. The van der Waals surface area contributed by atoms with Gasteiger partial charge in [0.25, 0.3) is 0 Å². The largest absolute Gasteiger partial charge is 0.479 e. The average molecular weight is 339 g/mol. The summed E-state index contributed by atoms with van der Waals surface area (Å²) in [6, 6.07) is 7.31. The summed E-state index contributed by atoms with van der Waals surface area (Å²) in [5, 5.41) is 1.11. The van der Waals surface area contributed by atoms with Crippen LogP contribution in [0, 0.1) is 0 Å². The Kier molecular flexibility index (Phi) is 6.03. The lowest BCUT2D eigenvalue weighted by Crippen LogP contribution is -2.25. The minimum absolute atomic E-state index is 0.337. The first-order valence-corrected chi connectivity index (χ1v) is 7.86. The molecule has 0 saturated carbocycles. The molecule has 1 aromatic carbocycles. The lowest BCUT2D eigenvalue weighted by atomic mass is 10.3. The van der Waals surface area contributed by atoms with Crippen molar-refractivity contribution in [1.82, 2.24) is 9.97 Å². The van der Waals surface area contributed by atoms with E-state index in [2.05, 4.69) is 9.97 Å². The Morgan fingerprint density at radius 1 is 1.27 bits per heavy atom. The summed E-state index contributed by atoms with van der Waals surface area (Å²) < 4.78 is 10.4. The fourth-order valence-electron chi connectivity index (χ4n) is 1.56. The summed E-state index contributed by atoms with van der Waals surface area (Å²) >= 11 is 7.15. The monoisotopic (exact) mass is 338 g/mol. The van der Waals surface area contributed by atoms with Crippen molar-refractivity contribution in [2.75, 3.05) is 6.61 Å². The first-order valence-electron chi connectivity index (χ1n) is 6.67. The zero-order valence-electron chi connectivity index (χ0n) is 12.2. The highest BCUT2D eigenvalue weighted by Crippen LogP contribution is 2.26. The van der Waals surface area contributed by atoms with Gasteiger partial charge >= 0.3 is 5.97 Å². The Morgan fingerprint density at radius 2 is 1.91 bits per heavy atom. The van der Waals surface area contributed by atoms with Crippen LogP contribution in [0.3, 0.4) is 0 Å². The van der Waals surface area contributed by atoms with E-state index < -0.39 is 6.10 Å². The maximum atomic E-state index is 11.5. The van der Waals surface area contributed by atoms with E-state index in [1.807, 2.05) is 12.1 Å². The molecular weight excluding hydrogens is 324 g/mol. The SMILES string of the molecule is CCOC(=O)[C@H](C)Oc1ccc(Sc2ncc(Cl)cn2)cc1. The van der Waals surface area contributed by atoms with E-state index in [0.29, 0.717) is 22.5 Å². The zero-order chi connectivity index (χ0) is 15.9. The second-order valence-corrected chi connectivity index (χ2v) is 5.75. The van der Waals surface area contributed by atoms with Crippen molar-refractivity contribution >= 4 is 29.3 Å². The minimum Gasteiger partial charge on any atom is -0.479 e. The molecule has 5 nitrogen and oxygen atoms in total. The second kappa shape index (κ2) is 8.00. The van der Waals surface area contributed by atoms with Gasteiger partial charge in [-0.05, 0) is 49.9 Å². The minimum atomic E-state index is -0.641. The Morgan fingerprint density at radius 3 is 2.50 bits per heavy atom. The number of halogens is 1. The van der Waals surface area contributed by atoms with Gasteiger partial charge in [0.1, 0.15) is 5.75 Å². The van der Waals surface area contributed by atoms with Crippen LogP contribution < -0.4 is 4.74 Å². The van der Waals surface area contributed by atoms with Crippen LogP contribution in [0.2, 0.25) is 5.02 Å². The van der Waals surface area contributed by atoms with E-state index in [1.165, 1.54) is 11.8 Å². The predicted octanol–water partition coefficient (Wildman–Crippen LogP) is 3.61. The molecule has 1 atom stereocenters. The second-order valence-electron chi connectivity index (χ2n) is 4.27. The number of esters is 1. The Labute approximate surface area is 138 Å². The lowest BCUT2D eigenvalue weighted by Gasteiger charge is -2.13. The molecule has 0 fully saturated rings. The van der Waals surface area contributed by atoms with Gasteiger partial charge < -0.3 is 9.47 Å². The number of nitrogens with zero attached hydrogens (tertiary/aromatic N) is 2. The van der Waals surface area contributed by atoms with E-state index in [4.69, 9.17) is 21.1 Å². The predicted molar refractivity (Wildman–Crippen MR) is 84.3 cm³/mol. The van der Waals surface area contributed by atoms with E-state index in [9.17, 15) is 4.79 Å². The third-order valence-corrected chi connectivity index (χ3v) is 3.66. The molecular formula is C15H15ClN2O3S. The molecule has 2 rings (SSSR count). The molecule has 116 valence electrons. The van der Waals surface area contributed by atoms with Gasteiger partial charge in [0, 0.05) is 4.90 Å². The van der Waals surface area contributed by atoms with Crippen molar-refractivity contribution < 1.29 is 14.3 Å². The molecule has 0 radical (unpaired) electrons. The number of hydrogen-bond acceptors (Lipinski definition) is 6. The molecule has 0 aliphatic heterocycles.